The highest BCUT2D eigenvalue weighted by molar-refractivity contribution is 7.92. The summed E-state index contributed by atoms with van der Waals surface area (Å²) in [4.78, 5) is 4.30. The molecule has 2 aromatic carbocycles. The topological polar surface area (TPSA) is 61.9 Å². The van der Waals surface area contributed by atoms with Gasteiger partial charge in [-0.1, -0.05) is 0 Å². The molecular formula is C18H20F3N3O3S. The second kappa shape index (κ2) is 7.88. The molecule has 0 atom stereocenters. The normalized spacial score (nSPS) is 16.1. The average Bonchev–Trinajstić information content (AvgIpc) is 2.62. The van der Waals surface area contributed by atoms with E-state index in [0.29, 0.717) is 5.69 Å². The lowest BCUT2D eigenvalue weighted by molar-refractivity contribution is -0.274. The highest BCUT2D eigenvalue weighted by atomic mass is 32.2. The van der Waals surface area contributed by atoms with Crippen LogP contribution in [0.15, 0.2) is 53.4 Å². The van der Waals surface area contributed by atoms with E-state index in [1.54, 1.807) is 12.1 Å². The van der Waals surface area contributed by atoms with Crippen LogP contribution >= 0.6 is 0 Å². The van der Waals surface area contributed by atoms with Crippen molar-refractivity contribution in [1.29, 1.82) is 0 Å². The lowest BCUT2D eigenvalue weighted by Crippen LogP contribution is -2.44. The number of piperazine rings is 1. The molecule has 152 valence electrons. The molecule has 1 N–H and O–H groups in total. The first-order valence-electron chi connectivity index (χ1n) is 8.55. The number of sulfonamides is 1. The Labute approximate surface area is 161 Å². The lowest BCUT2D eigenvalue weighted by atomic mass is 10.2. The summed E-state index contributed by atoms with van der Waals surface area (Å²) in [6.07, 6.45) is -4.83. The van der Waals surface area contributed by atoms with Gasteiger partial charge in [0, 0.05) is 37.6 Å². The molecule has 1 saturated heterocycles. The maximum absolute atomic E-state index is 12.4. The van der Waals surface area contributed by atoms with E-state index in [-0.39, 0.29) is 4.90 Å². The molecule has 2 aromatic rings. The first kappa shape index (κ1) is 20.3. The summed E-state index contributed by atoms with van der Waals surface area (Å²) in [5.74, 6) is -0.483. The van der Waals surface area contributed by atoms with Crippen molar-refractivity contribution in [3.63, 3.8) is 0 Å². The molecule has 28 heavy (non-hydrogen) atoms. The average molecular weight is 415 g/mol. The molecule has 10 heteroatoms. The van der Waals surface area contributed by atoms with Crippen molar-refractivity contribution >= 4 is 21.4 Å². The van der Waals surface area contributed by atoms with Gasteiger partial charge in [-0.25, -0.2) is 8.42 Å². The number of hydrogen-bond donors (Lipinski definition) is 1. The number of halogens is 3. The third-order valence-corrected chi connectivity index (χ3v) is 5.75. The van der Waals surface area contributed by atoms with Gasteiger partial charge in [0.15, 0.2) is 0 Å². The molecule has 6 nitrogen and oxygen atoms in total. The van der Waals surface area contributed by atoms with E-state index in [9.17, 15) is 21.6 Å². The number of ether oxygens (including phenoxy) is 1. The van der Waals surface area contributed by atoms with Crippen LogP contribution in [0.3, 0.4) is 0 Å². The number of nitrogens with one attached hydrogen (secondary N) is 1. The van der Waals surface area contributed by atoms with Gasteiger partial charge < -0.3 is 14.5 Å². The van der Waals surface area contributed by atoms with Crippen molar-refractivity contribution in [3.8, 4) is 5.75 Å². The molecule has 1 aliphatic heterocycles. The summed E-state index contributed by atoms with van der Waals surface area (Å²) in [5, 5.41) is 0. The van der Waals surface area contributed by atoms with Crippen LogP contribution in [0.5, 0.6) is 5.75 Å². The number of alkyl halides is 3. The van der Waals surface area contributed by atoms with Gasteiger partial charge in [-0.05, 0) is 55.6 Å². The summed E-state index contributed by atoms with van der Waals surface area (Å²) in [7, 11) is -1.86. The Morgan fingerprint density at radius 3 is 2.04 bits per heavy atom. The molecule has 1 aliphatic rings. The minimum Gasteiger partial charge on any atom is -0.406 e. The summed E-state index contributed by atoms with van der Waals surface area (Å²) in [6.45, 7) is 3.71. The largest absolute Gasteiger partial charge is 0.573 e. The molecule has 1 fully saturated rings. The standard InChI is InChI=1S/C18H20F3N3O3S/c1-23-10-12-24(13-11-23)15-4-2-14(3-5-15)22-28(25,26)17-8-6-16(7-9-17)27-18(19,20)21/h2-9,22H,10-13H2,1H3. The van der Waals surface area contributed by atoms with Gasteiger partial charge >= 0.3 is 6.36 Å². The molecule has 0 aromatic heterocycles. The van der Waals surface area contributed by atoms with Gasteiger partial charge in [0.25, 0.3) is 10.0 Å². The van der Waals surface area contributed by atoms with E-state index >= 15 is 0 Å². The van der Waals surface area contributed by atoms with Gasteiger partial charge in [-0.2, -0.15) is 0 Å². The lowest BCUT2D eigenvalue weighted by Gasteiger charge is -2.34. The summed E-state index contributed by atoms with van der Waals surface area (Å²) in [6, 6.07) is 11.0. The summed E-state index contributed by atoms with van der Waals surface area (Å²) < 4.78 is 67.6. The van der Waals surface area contributed by atoms with Crippen molar-refractivity contribution in [3.05, 3.63) is 48.5 Å². The van der Waals surface area contributed by atoms with E-state index in [2.05, 4.69) is 26.3 Å². The van der Waals surface area contributed by atoms with E-state index in [4.69, 9.17) is 0 Å². The Morgan fingerprint density at radius 2 is 1.50 bits per heavy atom. The van der Waals surface area contributed by atoms with E-state index in [1.165, 1.54) is 0 Å². The maximum Gasteiger partial charge on any atom is 0.573 e. The molecule has 0 unspecified atom stereocenters. The van der Waals surface area contributed by atoms with Gasteiger partial charge in [0.05, 0.1) is 4.90 Å². The second-order valence-electron chi connectivity index (χ2n) is 6.46. The minimum atomic E-state index is -4.83. The van der Waals surface area contributed by atoms with Crippen molar-refractivity contribution in [2.75, 3.05) is 42.8 Å². The highest BCUT2D eigenvalue weighted by Gasteiger charge is 2.31. The Balaban J connectivity index is 1.67. The van der Waals surface area contributed by atoms with Crippen LogP contribution in [0, 0.1) is 0 Å². The number of benzene rings is 2. The Morgan fingerprint density at radius 1 is 0.929 bits per heavy atom. The van der Waals surface area contributed by atoms with E-state index in [1.807, 2.05) is 12.1 Å². The van der Waals surface area contributed by atoms with Crippen LogP contribution in [0.25, 0.3) is 0 Å². The second-order valence-corrected chi connectivity index (χ2v) is 8.14. The fourth-order valence-electron chi connectivity index (χ4n) is 2.84. The smallest absolute Gasteiger partial charge is 0.406 e. The van der Waals surface area contributed by atoms with Gasteiger partial charge in [-0.3, -0.25) is 4.72 Å². The fourth-order valence-corrected chi connectivity index (χ4v) is 3.90. The zero-order chi connectivity index (χ0) is 20.4. The maximum atomic E-state index is 12.4. The quantitative estimate of drug-likeness (QED) is 0.813. The van der Waals surface area contributed by atoms with Crippen molar-refractivity contribution in [2.45, 2.75) is 11.3 Å². The zero-order valence-corrected chi connectivity index (χ0v) is 15.9. The van der Waals surface area contributed by atoms with Crippen LogP contribution in [0.1, 0.15) is 0 Å². The van der Waals surface area contributed by atoms with Crippen molar-refractivity contribution < 1.29 is 26.3 Å². The van der Waals surface area contributed by atoms with Crippen LogP contribution in [-0.4, -0.2) is 52.9 Å². The van der Waals surface area contributed by atoms with Crippen molar-refractivity contribution in [2.24, 2.45) is 0 Å². The number of nitrogens with zero attached hydrogens (tertiary/aromatic N) is 2. The minimum absolute atomic E-state index is 0.162. The molecule has 0 bridgehead atoms. The number of likely N-dealkylation sites (N-methyl/N-ethyl adjacent to an activating group) is 1. The van der Waals surface area contributed by atoms with Crippen LogP contribution in [0.4, 0.5) is 24.5 Å². The molecular weight excluding hydrogens is 395 g/mol. The van der Waals surface area contributed by atoms with E-state index in [0.717, 1.165) is 56.1 Å². The Kier molecular flexibility index (Phi) is 5.71. The Bertz CT molecular complexity index is 892. The first-order chi connectivity index (χ1) is 13.1. The van der Waals surface area contributed by atoms with Gasteiger partial charge in [0.2, 0.25) is 0 Å². The number of hydrogen-bond acceptors (Lipinski definition) is 5. The van der Waals surface area contributed by atoms with Gasteiger partial charge in [-0.15, -0.1) is 13.2 Å². The summed E-state index contributed by atoms with van der Waals surface area (Å²) in [5.41, 5.74) is 1.37. The first-order valence-corrected chi connectivity index (χ1v) is 10.0. The van der Waals surface area contributed by atoms with Gasteiger partial charge in [0.1, 0.15) is 5.75 Å². The van der Waals surface area contributed by atoms with Crippen LogP contribution in [0.2, 0.25) is 0 Å². The zero-order valence-electron chi connectivity index (χ0n) is 15.1. The molecule has 0 radical (unpaired) electrons. The molecule has 0 saturated carbocycles. The van der Waals surface area contributed by atoms with E-state index < -0.39 is 22.1 Å². The van der Waals surface area contributed by atoms with Crippen LogP contribution < -0.4 is 14.4 Å². The molecule has 0 aliphatic carbocycles. The summed E-state index contributed by atoms with van der Waals surface area (Å²) >= 11 is 0. The third-order valence-electron chi connectivity index (χ3n) is 4.36. The molecule has 0 amide bonds. The number of anilines is 2. The highest BCUT2D eigenvalue weighted by Crippen LogP contribution is 2.25. The molecule has 0 spiro atoms. The number of rotatable bonds is 5. The molecule has 3 rings (SSSR count). The monoisotopic (exact) mass is 415 g/mol. The Hall–Kier alpha value is -2.46. The predicted molar refractivity (Wildman–Crippen MR) is 100 cm³/mol. The third kappa shape index (κ3) is 5.29. The predicted octanol–water partition coefficient (Wildman–Crippen LogP) is 3.14. The van der Waals surface area contributed by atoms with Crippen molar-refractivity contribution in [1.82, 2.24) is 4.90 Å². The molecule has 1 heterocycles. The van der Waals surface area contributed by atoms with Crippen LogP contribution in [-0.2, 0) is 10.0 Å². The fraction of sp³-hybridized carbons (Fsp3) is 0.333. The SMILES string of the molecule is CN1CCN(c2ccc(NS(=O)(=O)c3ccc(OC(F)(F)F)cc3)cc2)CC1.